The molecule has 0 aliphatic carbocycles. The van der Waals surface area contributed by atoms with Crippen molar-refractivity contribution < 1.29 is 4.79 Å². The normalized spacial score (nSPS) is 10.5. The highest BCUT2D eigenvalue weighted by molar-refractivity contribution is 7.13. The summed E-state index contributed by atoms with van der Waals surface area (Å²) >= 11 is 1.59. The molecule has 1 heterocycles. The van der Waals surface area contributed by atoms with Crippen LogP contribution in [0.4, 0.5) is 17.1 Å². The lowest BCUT2D eigenvalue weighted by Gasteiger charge is -2.08. The number of hydrogen-bond donors (Lipinski definition) is 3. The molecule has 4 N–H and O–H groups in total. The van der Waals surface area contributed by atoms with Crippen molar-refractivity contribution in [1.29, 1.82) is 0 Å². The van der Waals surface area contributed by atoms with Gasteiger partial charge >= 0.3 is 0 Å². The number of thiazole rings is 1. The summed E-state index contributed by atoms with van der Waals surface area (Å²) in [5, 5.41) is 9.17. The van der Waals surface area contributed by atoms with Crippen molar-refractivity contribution in [3.63, 3.8) is 0 Å². The van der Waals surface area contributed by atoms with E-state index in [0.29, 0.717) is 23.5 Å². The van der Waals surface area contributed by atoms with Crippen LogP contribution in [-0.4, -0.2) is 10.9 Å². The Morgan fingerprint density at radius 1 is 0.931 bits per heavy atom. The van der Waals surface area contributed by atoms with Crippen LogP contribution in [0.1, 0.15) is 16.1 Å². The van der Waals surface area contributed by atoms with Gasteiger partial charge in [0.2, 0.25) is 0 Å². The Balaban J connectivity index is 1.41. The number of benzene rings is 3. The average Bonchev–Trinajstić information content (AvgIpc) is 3.24. The molecule has 0 spiro atoms. The van der Waals surface area contributed by atoms with Crippen LogP contribution in [0.15, 0.2) is 84.2 Å². The minimum Gasteiger partial charge on any atom is -0.397 e. The number of rotatable bonds is 6. The maximum absolute atomic E-state index is 12.5. The minimum atomic E-state index is -0.193. The van der Waals surface area contributed by atoms with Gasteiger partial charge in [0.05, 0.1) is 23.6 Å². The zero-order chi connectivity index (χ0) is 20.1. The van der Waals surface area contributed by atoms with Gasteiger partial charge in [0.1, 0.15) is 5.01 Å². The van der Waals surface area contributed by atoms with Crippen molar-refractivity contribution in [2.24, 2.45) is 0 Å². The summed E-state index contributed by atoms with van der Waals surface area (Å²) < 4.78 is 0. The molecule has 144 valence electrons. The fourth-order valence-corrected chi connectivity index (χ4v) is 3.66. The SMILES string of the molecule is Nc1ccccc1NC(=O)c1ccc(-c2nc(CNc3ccccc3)cs2)cc1. The highest BCUT2D eigenvalue weighted by Gasteiger charge is 2.10. The first kappa shape index (κ1) is 18.7. The second kappa shape index (κ2) is 8.58. The summed E-state index contributed by atoms with van der Waals surface area (Å²) in [5.74, 6) is -0.193. The zero-order valence-corrected chi connectivity index (χ0v) is 16.4. The number of aromatic nitrogens is 1. The lowest BCUT2D eigenvalue weighted by molar-refractivity contribution is 0.102. The highest BCUT2D eigenvalue weighted by Crippen LogP contribution is 2.25. The van der Waals surface area contributed by atoms with Crippen LogP contribution in [0.2, 0.25) is 0 Å². The van der Waals surface area contributed by atoms with Gasteiger partial charge in [-0.15, -0.1) is 11.3 Å². The van der Waals surface area contributed by atoms with Gasteiger partial charge in [-0.05, 0) is 36.4 Å². The maximum Gasteiger partial charge on any atom is 0.255 e. The topological polar surface area (TPSA) is 80.0 Å². The smallest absolute Gasteiger partial charge is 0.255 e. The first-order chi connectivity index (χ1) is 14.2. The van der Waals surface area contributed by atoms with E-state index in [2.05, 4.69) is 15.6 Å². The number of nitrogen functional groups attached to an aromatic ring is 1. The predicted molar refractivity (Wildman–Crippen MR) is 120 cm³/mol. The Kier molecular flexibility index (Phi) is 5.54. The van der Waals surface area contributed by atoms with Gasteiger partial charge in [0.25, 0.3) is 5.91 Å². The minimum absolute atomic E-state index is 0.193. The van der Waals surface area contributed by atoms with Gasteiger partial charge < -0.3 is 16.4 Å². The number of nitrogens with one attached hydrogen (secondary N) is 2. The van der Waals surface area contributed by atoms with E-state index in [0.717, 1.165) is 22.0 Å². The van der Waals surface area contributed by atoms with Crippen LogP contribution in [-0.2, 0) is 6.54 Å². The Hall–Kier alpha value is -3.64. The van der Waals surface area contributed by atoms with Crippen LogP contribution in [0.3, 0.4) is 0 Å². The van der Waals surface area contributed by atoms with E-state index < -0.39 is 0 Å². The van der Waals surface area contributed by atoms with Crippen LogP contribution in [0, 0.1) is 0 Å². The van der Waals surface area contributed by atoms with E-state index in [9.17, 15) is 4.79 Å². The highest BCUT2D eigenvalue weighted by atomic mass is 32.1. The van der Waals surface area contributed by atoms with E-state index in [1.165, 1.54) is 0 Å². The summed E-state index contributed by atoms with van der Waals surface area (Å²) in [6, 6.07) is 24.7. The molecule has 0 unspecified atom stereocenters. The molecule has 0 bridgehead atoms. The van der Waals surface area contributed by atoms with Crippen LogP contribution < -0.4 is 16.4 Å². The van der Waals surface area contributed by atoms with Crippen molar-refractivity contribution in [1.82, 2.24) is 4.98 Å². The molecule has 5 nitrogen and oxygen atoms in total. The largest absolute Gasteiger partial charge is 0.397 e. The molecule has 0 fully saturated rings. The van der Waals surface area contributed by atoms with E-state index in [-0.39, 0.29) is 5.91 Å². The molecule has 0 saturated heterocycles. The van der Waals surface area contributed by atoms with Gasteiger partial charge in [-0.1, -0.05) is 42.5 Å². The first-order valence-electron chi connectivity index (χ1n) is 9.19. The monoisotopic (exact) mass is 400 g/mol. The van der Waals surface area contributed by atoms with Crippen LogP contribution in [0.25, 0.3) is 10.6 Å². The Bertz CT molecular complexity index is 1110. The van der Waals surface area contributed by atoms with Crippen molar-refractivity contribution >= 4 is 34.3 Å². The number of nitrogens with zero attached hydrogens (tertiary/aromatic N) is 1. The molecule has 29 heavy (non-hydrogen) atoms. The molecule has 0 radical (unpaired) electrons. The molecule has 3 aromatic carbocycles. The molecule has 1 amide bonds. The lowest BCUT2D eigenvalue weighted by Crippen LogP contribution is -2.12. The summed E-state index contributed by atoms with van der Waals surface area (Å²) in [4.78, 5) is 17.1. The molecular weight excluding hydrogens is 380 g/mol. The Morgan fingerprint density at radius 2 is 1.66 bits per heavy atom. The third kappa shape index (κ3) is 4.62. The van der Waals surface area contributed by atoms with Crippen molar-refractivity contribution in [2.75, 3.05) is 16.4 Å². The molecule has 6 heteroatoms. The number of carbonyl (C=O) groups is 1. The molecular formula is C23H20N4OS. The summed E-state index contributed by atoms with van der Waals surface area (Å²) in [6.45, 7) is 0.666. The number of hydrogen-bond acceptors (Lipinski definition) is 5. The molecule has 4 rings (SSSR count). The van der Waals surface area contributed by atoms with Crippen LogP contribution in [0.5, 0.6) is 0 Å². The Morgan fingerprint density at radius 3 is 2.41 bits per heavy atom. The van der Waals surface area contributed by atoms with Crippen molar-refractivity contribution in [3.05, 3.63) is 95.5 Å². The molecule has 0 aliphatic rings. The first-order valence-corrected chi connectivity index (χ1v) is 10.1. The van der Waals surface area contributed by atoms with Gasteiger partial charge in [0.15, 0.2) is 0 Å². The quantitative estimate of drug-likeness (QED) is 0.386. The fourth-order valence-electron chi connectivity index (χ4n) is 2.84. The van der Waals surface area contributed by atoms with Crippen molar-refractivity contribution in [2.45, 2.75) is 6.54 Å². The second-order valence-corrected chi connectivity index (χ2v) is 7.34. The van der Waals surface area contributed by atoms with E-state index in [1.54, 1.807) is 35.6 Å². The maximum atomic E-state index is 12.5. The summed E-state index contributed by atoms with van der Waals surface area (Å²) in [7, 11) is 0. The third-order valence-corrected chi connectivity index (χ3v) is 5.34. The van der Waals surface area contributed by atoms with Gasteiger partial charge in [0, 0.05) is 22.2 Å². The predicted octanol–water partition coefficient (Wildman–Crippen LogP) is 5.26. The number of nitrogens with two attached hydrogens (primary N) is 1. The molecule has 0 atom stereocenters. The van der Waals surface area contributed by atoms with E-state index >= 15 is 0 Å². The Labute approximate surface area is 173 Å². The zero-order valence-electron chi connectivity index (χ0n) is 15.6. The second-order valence-electron chi connectivity index (χ2n) is 6.48. The van der Waals surface area contributed by atoms with E-state index in [1.807, 2.05) is 60.0 Å². The lowest BCUT2D eigenvalue weighted by atomic mass is 10.1. The third-order valence-electron chi connectivity index (χ3n) is 4.40. The molecule has 1 aromatic heterocycles. The average molecular weight is 401 g/mol. The summed E-state index contributed by atoms with van der Waals surface area (Å²) in [5.41, 5.74) is 10.6. The van der Waals surface area contributed by atoms with Gasteiger partial charge in [-0.2, -0.15) is 0 Å². The molecule has 0 saturated carbocycles. The molecule has 4 aromatic rings. The van der Waals surface area contributed by atoms with Crippen LogP contribution >= 0.6 is 11.3 Å². The number of anilines is 3. The van der Waals surface area contributed by atoms with E-state index in [4.69, 9.17) is 5.73 Å². The van der Waals surface area contributed by atoms with Gasteiger partial charge in [-0.3, -0.25) is 4.79 Å². The van der Waals surface area contributed by atoms with Crippen molar-refractivity contribution in [3.8, 4) is 10.6 Å². The molecule has 0 aliphatic heterocycles. The summed E-state index contributed by atoms with van der Waals surface area (Å²) in [6.07, 6.45) is 0. The number of carbonyl (C=O) groups excluding carboxylic acids is 1. The number of para-hydroxylation sites is 3. The van der Waals surface area contributed by atoms with Gasteiger partial charge in [-0.25, -0.2) is 4.98 Å². The standard InChI is InChI=1S/C23H20N4OS/c24-20-8-4-5-9-21(20)27-22(28)16-10-12-17(13-11-16)23-26-19(15-29-23)14-25-18-6-2-1-3-7-18/h1-13,15,25H,14,24H2,(H,27,28). The fraction of sp³-hybridized carbons (Fsp3) is 0.0435. The number of amides is 1.